The maximum atomic E-state index is 14.6. The van der Waals surface area contributed by atoms with E-state index in [2.05, 4.69) is 4.85 Å². The summed E-state index contributed by atoms with van der Waals surface area (Å²) in [5.41, 5.74) is 1.64. The van der Waals surface area contributed by atoms with Gasteiger partial charge in [0.25, 0.3) is 5.56 Å². The molecule has 1 heterocycles. The van der Waals surface area contributed by atoms with E-state index in [1.165, 1.54) is 50.7 Å². The van der Waals surface area contributed by atoms with Crippen LogP contribution < -0.4 is 15.2 Å². The summed E-state index contributed by atoms with van der Waals surface area (Å²) in [6, 6.07) is 11.6. The minimum atomic E-state index is -0.631. The molecule has 0 radical (unpaired) electrons. The van der Waals surface area contributed by atoms with Crippen LogP contribution in [0.2, 0.25) is 0 Å². The van der Waals surface area contributed by atoms with Crippen LogP contribution in [0.3, 0.4) is 0 Å². The molecule has 0 aliphatic heterocycles. The van der Waals surface area contributed by atoms with Gasteiger partial charge in [0.1, 0.15) is 11.6 Å². The normalized spacial score (nSPS) is 14.3. The van der Waals surface area contributed by atoms with Gasteiger partial charge in [0.15, 0.2) is 0 Å². The number of halogens is 1. The quantitative estimate of drug-likeness (QED) is 0.314. The largest absolute Gasteiger partial charge is 0.497 e. The van der Waals surface area contributed by atoms with Crippen molar-refractivity contribution in [3.63, 3.8) is 0 Å². The Kier molecular flexibility index (Phi) is 7.50. The SMILES string of the molecule is [C-]#[N+]c1ccc(-c2nc(N(C)CC3CCCCCC3)n(C)c(=O)c2-c2ccc(OC)cc2)cc1F. The molecule has 3 aromatic rings. The molecule has 35 heavy (non-hydrogen) atoms. The molecule has 0 amide bonds. The summed E-state index contributed by atoms with van der Waals surface area (Å²) in [7, 11) is 5.28. The highest BCUT2D eigenvalue weighted by atomic mass is 19.1. The molecule has 1 fully saturated rings. The Morgan fingerprint density at radius 1 is 1.11 bits per heavy atom. The summed E-state index contributed by atoms with van der Waals surface area (Å²) in [5, 5.41) is 0. The lowest BCUT2D eigenvalue weighted by Gasteiger charge is -2.26. The van der Waals surface area contributed by atoms with E-state index >= 15 is 0 Å². The average molecular weight is 475 g/mol. The van der Waals surface area contributed by atoms with E-state index in [9.17, 15) is 9.18 Å². The lowest BCUT2D eigenvalue weighted by atomic mass is 9.99. The van der Waals surface area contributed by atoms with Crippen LogP contribution in [0.5, 0.6) is 5.75 Å². The molecule has 0 saturated heterocycles. The van der Waals surface area contributed by atoms with Crippen LogP contribution in [0.15, 0.2) is 47.3 Å². The van der Waals surface area contributed by atoms with Gasteiger partial charge in [0.2, 0.25) is 11.6 Å². The van der Waals surface area contributed by atoms with Gasteiger partial charge in [0.05, 0.1) is 24.9 Å². The van der Waals surface area contributed by atoms with Crippen molar-refractivity contribution < 1.29 is 9.13 Å². The van der Waals surface area contributed by atoms with E-state index in [4.69, 9.17) is 16.3 Å². The molecule has 182 valence electrons. The molecule has 1 saturated carbocycles. The van der Waals surface area contributed by atoms with Gasteiger partial charge in [0, 0.05) is 26.2 Å². The van der Waals surface area contributed by atoms with Crippen LogP contribution in [-0.2, 0) is 7.05 Å². The highest BCUT2D eigenvalue weighted by molar-refractivity contribution is 5.82. The third kappa shape index (κ3) is 5.22. The van der Waals surface area contributed by atoms with Crippen molar-refractivity contribution in [2.24, 2.45) is 13.0 Å². The van der Waals surface area contributed by atoms with Crippen molar-refractivity contribution in [1.82, 2.24) is 9.55 Å². The standard InChI is InChI=1S/C28H31FN4O2/c1-30-24-16-13-21(17-23(24)29)26-25(20-11-14-22(35-4)15-12-20)27(34)33(3)28(31-26)32(2)18-19-9-7-5-6-8-10-19/h11-17,19H,5-10,18H2,2-4H3. The maximum Gasteiger partial charge on any atom is 0.263 e. The van der Waals surface area contributed by atoms with Crippen LogP contribution >= 0.6 is 0 Å². The molecule has 7 heteroatoms. The highest BCUT2D eigenvalue weighted by Crippen LogP contribution is 2.33. The minimum Gasteiger partial charge on any atom is -0.497 e. The number of benzene rings is 2. The Balaban J connectivity index is 1.84. The van der Waals surface area contributed by atoms with E-state index in [0.29, 0.717) is 40.0 Å². The Morgan fingerprint density at radius 3 is 2.37 bits per heavy atom. The molecule has 1 aromatic heterocycles. The van der Waals surface area contributed by atoms with Crippen molar-refractivity contribution in [3.8, 4) is 28.1 Å². The molecule has 6 nitrogen and oxygen atoms in total. The van der Waals surface area contributed by atoms with Crippen LogP contribution in [0.25, 0.3) is 27.2 Å². The molecule has 0 bridgehead atoms. The predicted octanol–water partition coefficient (Wildman–Crippen LogP) is 6.22. The summed E-state index contributed by atoms with van der Waals surface area (Å²) in [5.74, 6) is 1.14. The Bertz CT molecular complexity index is 1290. The molecule has 4 rings (SSSR count). The van der Waals surface area contributed by atoms with Crippen molar-refractivity contribution in [1.29, 1.82) is 0 Å². The number of hydrogen-bond donors (Lipinski definition) is 0. The molecule has 0 N–H and O–H groups in total. The van der Waals surface area contributed by atoms with E-state index in [0.717, 1.165) is 6.54 Å². The second kappa shape index (κ2) is 10.7. The van der Waals surface area contributed by atoms with Crippen molar-refractivity contribution in [2.45, 2.75) is 38.5 Å². The first-order valence-electron chi connectivity index (χ1n) is 12.1. The summed E-state index contributed by atoms with van der Waals surface area (Å²) < 4.78 is 21.4. The molecule has 0 unspecified atom stereocenters. The Hall–Kier alpha value is -3.66. The van der Waals surface area contributed by atoms with Gasteiger partial charge in [-0.25, -0.2) is 14.2 Å². The van der Waals surface area contributed by atoms with Gasteiger partial charge in [-0.3, -0.25) is 9.36 Å². The van der Waals surface area contributed by atoms with E-state index in [1.54, 1.807) is 49.1 Å². The fourth-order valence-corrected chi connectivity index (χ4v) is 4.92. The highest BCUT2D eigenvalue weighted by Gasteiger charge is 2.22. The summed E-state index contributed by atoms with van der Waals surface area (Å²) in [4.78, 5) is 23.9. The fraction of sp³-hybridized carbons (Fsp3) is 0.393. The number of hydrogen-bond acceptors (Lipinski definition) is 4. The second-order valence-electron chi connectivity index (χ2n) is 9.24. The lowest BCUT2D eigenvalue weighted by Crippen LogP contribution is -2.33. The maximum absolute atomic E-state index is 14.6. The number of rotatable bonds is 6. The zero-order chi connectivity index (χ0) is 24.9. The second-order valence-corrected chi connectivity index (χ2v) is 9.24. The number of methoxy groups -OCH3 is 1. The van der Waals surface area contributed by atoms with Crippen molar-refractivity contribution in [2.75, 3.05) is 25.6 Å². The molecule has 0 spiro atoms. The van der Waals surface area contributed by atoms with Gasteiger partial charge in [-0.1, -0.05) is 49.9 Å². The Labute approximate surface area is 205 Å². The molecule has 1 aliphatic carbocycles. The van der Waals surface area contributed by atoms with E-state index < -0.39 is 5.82 Å². The zero-order valence-electron chi connectivity index (χ0n) is 20.6. The molecule has 1 aliphatic rings. The first-order valence-corrected chi connectivity index (χ1v) is 12.1. The van der Waals surface area contributed by atoms with E-state index in [1.807, 2.05) is 11.9 Å². The van der Waals surface area contributed by atoms with E-state index in [-0.39, 0.29) is 11.2 Å². The average Bonchev–Trinajstić information content (AvgIpc) is 3.14. The van der Waals surface area contributed by atoms with Crippen LogP contribution in [0.4, 0.5) is 16.0 Å². The van der Waals surface area contributed by atoms with Gasteiger partial charge in [-0.2, -0.15) is 0 Å². The Morgan fingerprint density at radius 2 is 1.77 bits per heavy atom. The fourth-order valence-electron chi connectivity index (χ4n) is 4.92. The monoisotopic (exact) mass is 474 g/mol. The molecule has 0 atom stereocenters. The van der Waals surface area contributed by atoms with Crippen LogP contribution in [0, 0.1) is 18.3 Å². The number of anilines is 1. The third-order valence-corrected chi connectivity index (χ3v) is 6.84. The van der Waals surface area contributed by atoms with Gasteiger partial charge >= 0.3 is 0 Å². The van der Waals surface area contributed by atoms with Crippen LogP contribution in [0.1, 0.15) is 38.5 Å². The topological polar surface area (TPSA) is 51.7 Å². The molecular formula is C28H31FN4O2. The van der Waals surface area contributed by atoms with Gasteiger partial charge in [-0.15, -0.1) is 0 Å². The first-order chi connectivity index (χ1) is 16.9. The third-order valence-electron chi connectivity index (χ3n) is 6.84. The zero-order valence-corrected chi connectivity index (χ0v) is 20.6. The van der Waals surface area contributed by atoms with Crippen molar-refractivity contribution >= 4 is 11.6 Å². The van der Waals surface area contributed by atoms with Gasteiger partial charge < -0.3 is 9.64 Å². The predicted molar refractivity (Wildman–Crippen MR) is 138 cm³/mol. The van der Waals surface area contributed by atoms with Gasteiger partial charge in [-0.05, 0) is 42.5 Å². The van der Waals surface area contributed by atoms with Crippen LogP contribution in [-0.4, -0.2) is 30.3 Å². The van der Waals surface area contributed by atoms with Crippen molar-refractivity contribution in [3.05, 3.63) is 70.1 Å². The summed E-state index contributed by atoms with van der Waals surface area (Å²) in [6.07, 6.45) is 7.39. The first kappa shape index (κ1) is 24.5. The summed E-state index contributed by atoms with van der Waals surface area (Å²) >= 11 is 0. The number of ether oxygens (including phenoxy) is 1. The summed E-state index contributed by atoms with van der Waals surface area (Å²) in [6.45, 7) is 7.97. The minimum absolute atomic E-state index is 0.0608. The molecule has 2 aromatic carbocycles. The number of aromatic nitrogens is 2. The molecular weight excluding hydrogens is 443 g/mol. The number of nitrogens with zero attached hydrogens (tertiary/aromatic N) is 4. The lowest BCUT2D eigenvalue weighted by molar-refractivity contribution is 0.415. The smallest absolute Gasteiger partial charge is 0.263 e.